The van der Waals surface area contributed by atoms with E-state index in [2.05, 4.69) is 60.5 Å². The minimum atomic E-state index is 1.16. The summed E-state index contributed by atoms with van der Waals surface area (Å²) in [5.74, 6) is 0. The molecule has 0 saturated heterocycles. The Labute approximate surface area is 156 Å². The summed E-state index contributed by atoms with van der Waals surface area (Å²) in [5, 5.41) is 5.65. The summed E-state index contributed by atoms with van der Waals surface area (Å²) in [7, 11) is 0. The number of fused-ring (bicyclic) bond motifs is 6. The topological polar surface area (TPSA) is 31.6 Å². The Morgan fingerprint density at radius 2 is 1.12 bits per heavy atom. The van der Waals surface area contributed by atoms with Crippen molar-refractivity contribution in [3.8, 4) is 0 Å². The second kappa shape index (κ2) is 7.57. The first-order chi connectivity index (χ1) is 12.8. The highest BCUT2D eigenvalue weighted by atomic mass is 14.8. The molecule has 0 aliphatic heterocycles. The molecule has 0 radical (unpaired) electrons. The van der Waals surface area contributed by atoms with Gasteiger partial charge < -0.3 is 9.97 Å². The van der Waals surface area contributed by atoms with E-state index in [1.54, 1.807) is 0 Å². The average molecular weight is 347 g/mol. The van der Waals surface area contributed by atoms with Crippen LogP contribution in [0.4, 0.5) is 0 Å². The van der Waals surface area contributed by atoms with Gasteiger partial charge in [-0.3, -0.25) is 0 Å². The molecule has 2 heteroatoms. The molecule has 0 aliphatic rings. The molecule has 2 nitrogen and oxygen atoms in total. The van der Waals surface area contributed by atoms with Crippen LogP contribution in [0.1, 0.15) is 63.5 Å². The predicted molar refractivity (Wildman–Crippen MR) is 114 cm³/mol. The largest absolute Gasteiger partial charge is 0.359 e. The Bertz CT molecular complexity index is 936. The van der Waals surface area contributed by atoms with Crippen LogP contribution < -0.4 is 0 Å². The van der Waals surface area contributed by atoms with Crippen LogP contribution in [0.2, 0.25) is 0 Å². The summed E-state index contributed by atoms with van der Waals surface area (Å²) in [6.07, 6.45) is 14.5. The van der Waals surface area contributed by atoms with E-state index in [0.717, 1.165) is 12.8 Å². The molecule has 0 saturated carbocycles. The van der Waals surface area contributed by atoms with Gasteiger partial charge in [0.25, 0.3) is 0 Å². The number of H-pyrrole nitrogens is 2. The van der Waals surface area contributed by atoms with Gasteiger partial charge in [-0.25, -0.2) is 0 Å². The summed E-state index contributed by atoms with van der Waals surface area (Å²) < 4.78 is 0. The molecule has 4 aromatic rings. The van der Waals surface area contributed by atoms with Crippen LogP contribution in [0.25, 0.3) is 32.6 Å². The molecule has 0 bridgehead atoms. The lowest BCUT2D eigenvalue weighted by molar-refractivity contribution is 0.719. The highest BCUT2D eigenvalue weighted by Gasteiger charge is 2.16. The van der Waals surface area contributed by atoms with E-state index in [-0.39, 0.29) is 0 Å². The van der Waals surface area contributed by atoms with Crippen molar-refractivity contribution in [3.63, 3.8) is 0 Å². The first kappa shape index (κ1) is 17.2. The SMILES string of the molecule is CCCCCc1c[nH]c2c3[nH]cc(CCCCC)c3c3ccccc3c12. The number of nitrogens with one attached hydrogen (secondary N) is 2. The lowest BCUT2D eigenvalue weighted by Gasteiger charge is -2.08. The van der Waals surface area contributed by atoms with Crippen molar-refractivity contribution >= 4 is 32.6 Å². The lowest BCUT2D eigenvalue weighted by atomic mass is 9.95. The molecule has 4 rings (SSSR count). The minimum Gasteiger partial charge on any atom is -0.359 e. The Kier molecular flexibility index (Phi) is 5.01. The average Bonchev–Trinajstić information content (AvgIpc) is 3.27. The van der Waals surface area contributed by atoms with Crippen LogP contribution in [-0.2, 0) is 12.8 Å². The van der Waals surface area contributed by atoms with E-state index in [4.69, 9.17) is 0 Å². The van der Waals surface area contributed by atoms with Gasteiger partial charge >= 0.3 is 0 Å². The van der Waals surface area contributed by atoms with Crippen molar-refractivity contribution in [1.82, 2.24) is 9.97 Å². The van der Waals surface area contributed by atoms with Crippen LogP contribution >= 0.6 is 0 Å². The summed E-state index contributed by atoms with van der Waals surface area (Å²) in [5.41, 5.74) is 5.50. The highest BCUT2D eigenvalue weighted by molar-refractivity contribution is 6.25. The van der Waals surface area contributed by atoms with Crippen LogP contribution in [0.3, 0.4) is 0 Å². The number of hydrogen-bond donors (Lipinski definition) is 2. The fourth-order valence-electron chi connectivity index (χ4n) is 4.38. The van der Waals surface area contributed by atoms with Crippen LogP contribution in [0.5, 0.6) is 0 Å². The van der Waals surface area contributed by atoms with Crippen molar-refractivity contribution < 1.29 is 0 Å². The van der Waals surface area contributed by atoms with E-state index in [1.165, 1.54) is 82.2 Å². The molecule has 0 unspecified atom stereocenters. The van der Waals surface area contributed by atoms with Crippen molar-refractivity contribution in [1.29, 1.82) is 0 Å². The number of aryl methyl sites for hydroxylation is 2. The molecule has 136 valence electrons. The monoisotopic (exact) mass is 346 g/mol. The van der Waals surface area contributed by atoms with Gasteiger partial charge in [-0.2, -0.15) is 0 Å². The molecular weight excluding hydrogens is 316 g/mol. The van der Waals surface area contributed by atoms with Crippen LogP contribution in [0.15, 0.2) is 36.7 Å². The van der Waals surface area contributed by atoms with Gasteiger partial charge in [0, 0.05) is 23.2 Å². The maximum Gasteiger partial charge on any atom is 0.0708 e. The Hall–Kier alpha value is -2.22. The third kappa shape index (κ3) is 2.92. The van der Waals surface area contributed by atoms with E-state index in [9.17, 15) is 0 Å². The van der Waals surface area contributed by atoms with Crippen LogP contribution in [0, 0.1) is 0 Å². The summed E-state index contributed by atoms with van der Waals surface area (Å²) in [4.78, 5) is 7.20. The standard InChI is InChI=1S/C24H30N2/c1-3-5-7-11-17-15-25-23-21(17)19-13-9-10-14-20(19)22-18(12-8-6-4-2)16-26-24(22)23/h9-10,13-16,25-26H,3-8,11-12H2,1-2H3. The molecule has 2 N–H and O–H groups in total. The fraction of sp³-hybridized carbons (Fsp3) is 0.417. The Morgan fingerprint density at radius 1 is 0.654 bits per heavy atom. The molecule has 0 fully saturated rings. The smallest absolute Gasteiger partial charge is 0.0708 e. The van der Waals surface area contributed by atoms with Gasteiger partial charge in [0.15, 0.2) is 0 Å². The number of hydrogen-bond acceptors (Lipinski definition) is 0. The van der Waals surface area contributed by atoms with E-state index in [1.807, 2.05) is 0 Å². The molecule has 2 heterocycles. The number of rotatable bonds is 8. The zero-order chi connectivity index (χ0) is 17.9. The van der Waals surface area contributed by atoms with Crippen LogP contribution in [-0.4, -0.2) is 9.97 Å². The van der Waals surface area contributed by atoms with E-state index < -0.39 is 0 Å². The van der Waals surface area contributed by atoms with Gasteiger partial charge in [-0.15, -0.1) is 0 Å². The number of unbranched alkanes of at least 4 members (excludes halogenated alkanes) is 4. The molecule has 0 amide bonds. The normalized spacial score (nSPS) is 11.9. The zero-order valence-electron chi connectivity index (χ0n) is 16.1. The molecule has 2 aromatic carbocycles. The second-order valence-electron chi connectivity index (χ2n) is 7.59. The Morgan fingerprint density at radius 3 is 1.54 bits per heavy atom. The first-order valence-corrected chi connectivity index (χ1v) is 10.4. The summed E-state index contributed by atoms with van der Waals surface area (Å²) in [6.45, 7) is 4.54. The molecule has 0 spiro atoms. The molecule has 0 aliphatic carbocycles. The minimum absolute atomic E-state index is 1.16. The van der Waals surface area contributed by atoms with Crippen molar-refractivity contribution in [2.75, 3.05) is 0 Å². The fourth-order valence-corrected chi connectivity index (χ4v) is 4.38. The lowest BCUT2D eigenvalue weighted by Crippen LogP contribution is -1.87. The predicted octanol–water partition coefficient (Wildman–Crippen LogP) is 7.27. The third-order valence-electron chi connectivity index (χ3n) is 5.74. The van der Waals surface area contributed by atoms with E-state index in [0.29, 0.717) is 0 Å². The Balaban J connectivity index is 1.90. The van der Waals surface area contributed by atoms with Gasteiger partial charge in [-0.05, 0) is 47.6 Å². The first-order valence-electron chi connectivity index (χ1n) is 10.4. The molecule has 2 aromatic heterocycles. The van der Waals surface area contributed by atoms with Crippen molar-refractivity contribution in [2.24, 2.45) is 0 Å². The van der Waals surface area contributed by atoms with Crippen molar-refractivity contribution in [3.05, 3.63) is 47.8 Å². The zero-order valence-corrected chi connectivity index (χ0v) is 16.1. The molecule has 0 atom stereocenters. The van der Waals surface area contributed by atoms with Crippen molar-refractivity contribution in [2.45, 2.75) is 65.2 Å². The number of benzene rings is 2. The summed E-state index contributed by atoms with van der Waals surface area (Å²) >= 11 is 0. The van der Waals surface area contributed by atoms with Gasteiger partial charge in [-0.1, -0.05) is 63.8 Å². The number of aromatic amines is 2. The molecule has 26 heavy (non-hydrogen) atoms. The molecular formula is C24H30N2. The van der Waals surface area contributed by atoms with Gasteiger partial charge in [0.1, 0.15) is 0 Å². The van der Waals surface area contributed by atoms with Gasteiger partial charge in [0.05, 0.1) is 11.0 Å². The quantitative estimate of drug-likeness (QED) is 0.314. The van der Waals surface area contributed by atoms with E-state index >= 15 is 0 Å². The number of aromatic nitrogens is 2. The maximum absolute atomic E-state index is 3.60. The van der Waals surface area contributed by atoms with Gasteiger partial charge in [0.2, 0.25) is 0 Å². The highest BCUT2D eigenvalue weighted by Crippen LogP contribution is 2.38. The second-order valence-corrected chi connectivity index (χ2v) is 7.59. The maximum atomic E-state index is 3.60. The third-order valence-corrected chi connectivity index (χ3v) is 5.74. The summed E-state index contributed by atoms with van der Waals surface area (Å²) in [6, 6.07) is 8.97.